The van der Waals surface area contributed by atoms with E-state index in [1.807, 2.05) is 0 Å². The number of amides is 1. The van der Waals surface area contributed by atoms with Crippen molar-refractivity contribution in [2.75, 3.05) is 39.4 Å². The van der Waals surface area contributed by atoms with Gasteiger partial charge >= 0.3 is 0 Å². The van der Waals surface area contributed by atoms with Crippen molar-refractivity contribution in [2.24, 2.45) is 11.7 Å². The molecule has 0 aliphatic carbocycles. The summed E-state index contributed by atoms with van der Waals surface area (Å²) in [4.78, 5) is 14.3. The maximum Gasteiger partial charge on any atom is 0.220 e. The van der Waals surface area contributed by atoms with Crippen LogP contribution >= 0.6 is 0 Å². The molecule has 20 heavy (non-hydrogen) atoms. The van der Waals surface area contributed by atoms with Crippen LogP contribution in [0.2, 0.25) is 0 Å². The van der Waals surface area contributed by atoms with Crippen molar-refractivity contribution < 1.29 is 9.53 Å². The molecule has 1 amide bonds. The lowest BCUT2D eigenvalue weighted by Gasteiger charge is -2.38. The zero-order chi connectivity index (χ0) is 14.8. The van der Waals surface area contributed by atoms with Crippen LogP contribution in [0.4, 0.5) is 0 Å². The van der Waals surface area contributed by atoms with Gasteiger partial charge in [-0.3, -0.25) is 9.69 Å². The summed E-state index contributed by atoms with van der Waals surface area (Å²) >= 11 is 0. The largest absolute Gasteiger partial charge is 0.379 e. The molecule has 5 nitrogen and oxygen atoms in total. The SMILES string of the molecule is CCC(CC)C(CNC(=O)CCCN)N1CCOCC1. The summed E-state index contributed by atoms with van der Waals surface area (Å²) in [7, 11) is 0. The van der Waals surface area contributed by atoms with Crippen molar-refractivity contribution in [3.8, 4) is 0 Å². The first-order valence-electron chi connectivity index (χ1n) is 8.01. The minimum absolute atomic E-state index is 0.125. The Morgan fingerprint density at radius 3 is 2.50 bits per heavy atom. The third-order valence-electron chi connectivity index (χ3n) is 4.22. The van der Waals surface area contributed by atoms with Gasteiger partial charge < -0.3 is 15.8 Å². The maximum atomic E-state index is 11.8. The summed E-state index contributed by atoms with van der Waals surface area (Å²) in [5, 5.41) is 3.09. The normalized spacial score (nSPS) is 18.2. The van der Waals surface area contributed by atoms with Gasteiger partial charge in [-0.1, -0.05) is 26.7 Å². The molecule has 1 heterocycles. The second-order valence-corrected chi connectivity index (χ2v) is 5.49. The Kier molecular flexibility index (Phi) is 8.82. The first kappa shape index (κ1) is 17.4. The Hall–Kier alpha value is -0.650. The highest BCUT2D eigenvalue weighted by atomic mass is 16.5. The van der Waals surface area contributed by atoms with Crippen LogP contribution in [0.5, 0.6) is 0 Å². The molecular formula is C15H31N3O2. The number of carbonyl (C=O) groups is 1. The molecule has 0 saturated carbocycles. The van der Waals surface area contributed by atoms with Crippen LogP contribution in [0, 0.1) is 5.92 Å². The number of ether oxygens (including phenoxy) is 1. The van der Waals surface area contributed by atoms with E-state index < -0.39 is 0 Å². The topological polar surface area (TPSA) is 67.6 Å². The molecule has 5 heteroatoms. The fraction of sp³-hybridized carbons (Fsp3) is 0.933. The van der Waals surface area contributed by atoms with Crippen molar-refractivity contribution in [3.05, 3.63) is 0 Å². The van der Waals surface area contributed by atoms with Crippen LogP contribution in [0.3, 0.4) is 0 Å². The molecule has 0 aromatic rings. The molecule has 0 aromatic heterocycles. The summed E-state index contributed by atoms with van der Waals surface area (Å²) in [6.45, 7) is 9.34. The molecule has 1 aliphatic heterocycles. The van der Waals surface area contributed by atoms with E-state index in [2.05, 4.69) is 24.1 Å². The molecule has 1 fully saturated rings. The number of morpholine rings is 1. The summed E-state index contributed by atoms with van der Waals surface area (Å²) in [5.74, 6) is 0.752. The number of carbonyl (C=O) groups excluding carboxylic acids is 1. The summed E-state index contributed by atoms with van der Waals surface area (Å²) in [6.07, 6.45) is 3.60. The van der Waals surface area contributed by atoms with E-state index in [4.69, 9.17) is 10.5 Å². The van der Waals surface area contributed by atoms with Gasteiger partial charge in [-0.15, -0.1) is 0 Å². The zero-order valence-corrected chi connectivity index (χ0v) is 13.1. The third kappa shape index (κ3) is 5.77. The molecule has 118 valence electrons. The minimum atomic E-state index is 0.125. The Bertz CT molecular complexity index is 264. The molecule has 3 N–H and O–H groups in total. The van der Waals surface area contributed by atoms with E-state index in [9.17, 15) is 4.79 Å². The molecule has 0 bridgehead atoms. The summed E-state index contributed by atoms with van der Waals surface area (Å²) in [5.41, 5.74) is 5.44. The highest BCUT2D eigenvalue weighted by molar-refractivity contribution is 5.75. The molecule has 1 saturated heterocycles. The lowest BCUT2D eigenvalue weighted by molar-refractivity contribution is -0.121. The van der Waals surface area contributed by atoms with Gasteiger partial charge in [0.2, 0.25) is 5.91 Å². The molecule has 1 aliphatic rings. The van der Waals surface area contributed by atoms with Crippen LogP contribution in [-0.4, -0.2) is 56.2 Å². The van der Waals surface area contributed by atoms with E-state index in [0.717, 1.165) is 52.1 Å². The second kappa shape index (κ2) is 10.1. The van der Waals surface area contributed by atoms with E-state index in [-0.39, 0.29) is 5.91 Å². The predicted molar refractivity (Wildman–Crippen MR) is 81.6 cm³/mol. The van der Waals surface area contributed by atoms with Crippen LogP contribution in [0.1, 0.15) is 39.5 Å². The van der Waals surface area contributed by atoms with E-state index in [0.29, 0.717) is 24.9 Å². The van der Waals surface area contributed by atoms with Crippen LogP contribution < -0.4 is 11.1 Å². The lowest BCUT2D eigenvalue weighted by Crippen LogP contribution is -2.52. The average molecular weight is 285 g/mol. The van der Waals surface area contributed by atoms with Gasteiger partial charge in [0, 0.05) is 32.1 Å². The van der Waals surface area contributed by atoms with Gasteiger partial charge in [-0.05, 0) is 18.9 Å². The highest BCUT2D eigenvalue weighted by Crippen LogP contribution is 2.19. The molecule has 0 aromatic carbocycles. The van der Waals surface area contributed by atoms with Crippen molar-refractivity contribution in [1.29, 1.82) is 0 Å². The lowest BCUT2D eigenvalue weighted by atomic mass is 9.92. The predicted octanol–water partition coefficient (Wildman–Crippen LogP) is 0.979. The molecule has 0 spiro atoms. The van der Waals surface area contributed by atoms with Crippen molar-refractivity contribution in [3.63, 3.8) is 0 Å². The Balaban J connectivity index is 2.50. The van der Waals surface area contributed by atoms with Crippen LogP contribution in [-0.2, 0) is 9.53 Å². The van der Waals surface area contributed by atoms with Crippen molar-refractivity contribution in [2.45, 2.75) is 45.6 Å². The summed E-state index contributed by atoms with van der Waals surface area (Å²) < 4.78 is 5.43. The number of hydrogen-bond donors (Lipinski definition) is 2. The van der Waals surface area contributed by atoms with Gasteiger partial charge in [-0.2, -0.15) is 0 Å². The number of nitrogens with one attached hydrogen (secondary N) is 1. The maximum absolute atomic E-state index is 11.8. The molecule has 1 unspecified atom stereocenters. The fourth-order valence-electron chi connectivity index (χ4n) is 2.91. The second-order valence-electron chi connectivity index (χ2n) is 5.49. The zero-order valence-electron chi connectivity index (χ0n) is 13.1. The van der Waals surface area contributed by atoms with Crippen molar-refractivity contribution >= 4 is 5.91 Å². The van der Waals surface area contributed by atoms with E-state index in [1.54, 1.807) is 0 Å². The Labute approximate surface area is 123 Å². The van der Waals surface area contributed by atoms with Gasteiger partial charge in [0.25, 0.3) is 0 Å². The number of hydrogen-bond acceptors (Lipinski definition) is 4. The van der Waals surface area contributed by atoms with Crippen molar-refractivity contribution in [1.82, 2.24) is 10.2 Å². The Morgan fingerprint density at radius 1 is 1.30 bits per heavy atom. The Morgan fingerprint density at radius 2 is 1.95 bits per heavy atom. The molecule has 0 radical (unpaired) electrons. The molecule has 1 atom stereocenters. The van der Waals surface area contributed by atoms with Gasteiger partial charge in [0.15, 0.2) is 0 Å². The summed E-state index contributed by atoms with van der Waals surface area (Å²) in [6, 6.07) is 0.427. The third-order valence-corrected chi connectivity index (χ3v) is 4.22. The monoisotopic (exact) mass is 285 g/mol. The molecule has 1 rings (SSSR count). The number of rotatable bonds is 9. The van der Waals surface area contributed by atoms with Gasteiger partial charge in [-0.25, -0.2) is 0 Å². The minimum Gasteiger partial charge on any atom is -0.379 e. The standard InChI is InChI=1S/C15H31N3O2/c1-3-13(4-2)14(18-8-10-20-11-9-18)12-17-15(19)6-5-7-16/h13-14H,3-12,16H2,1-2H3,(H,17,19). The average Bonchev–Trinajstić information content (AvgIpc) is 2.50. The fourth-order valence-corrected chi connectivity index (χ4v) is 2.91. The highest BCUT2D eigenvalue weighted by Gasteiger charge is 2.27. The van der Waals surface area contributed by atoms with Gasteiger partial charge in [0.1, 0.15) is 0 Å². The quantitative estimate of drug-likeness (QED) is 0.662. The first-order chi connectivity index (χ1) is 9.72. The number of nitrogens with two attached hydrogens (primary N) is 1. The molecular weight excluding hydrogens is 254 g/mol. The van der Waals surface area contributed by atoms with Crippen LogP contribution in [0.15, 0.2) is 0 Å². The smallest absolute Gasteiger partial charge is 0.220 e. The number of nitrogens with zero attached hydrogens (tertiary/aromatic N) is 1. The van der Waals surface area contributed by atoms with E-state index in [1.165, 1.54) is 0 Å². The van der Waals surface area contributed by atoms with Crippen LogP contribution in [0.25, 0.3) is 0 Å². The van der Waals surface area contributed by atoms with E-state index >= 15 is 0 Å². The van der Waals surface area contributed by atoms with Gasteiger partial charge in [0.05, 0.1) is 13.2 Å². The first-order valence-corrected chi connectivity index (χ1v) is 8.01.